The number of imide groups is 1. The quantitative estimate of drug-likeness (QED) is 0.759. The number of hydrogen-bond donors (Lipinski definition) is 0. The van der Waals surface area contributed by atoms with E-state index in [-0.39, 0.29) is 11.8 Å². The predicted molar refractivity (Wildman–Crippen MR) is 72.7 cm³/mol. The Hall–Kier alpha value is -1.68. The topological polar surface area (TPSA) is 37.4 Å². The molecule has 0 bridgehead atoms. The monoisotopic (exact) mass is 303 g/mol. The Morgan fingerprint density at radius 2 is 1.83 bits per heavy atom. The minimum atomic E-state index is -0.215. The van der Waals surface area contributed by atoms with Gasteiger partial charge in [-0.1, -0.05) is 28.1 Å². The van der Waals surface area contributed by atoms with Gasteiger partial charge in [-0.25, -0.2) is 0 Å². The van der Waals surface area contributed by atoms with Crippen LogP contribution in [0.15, 0.2) is 34.8 Å². The molecule has 90 valence electrons. The summed E-state index contributed by atoms with van der Waals surface area (Å²) < 4.78 is 0.848. The van der Waals surface area contributed by atoms with Crippen LogP contribution in [0.5, 0.6) is 0 Å². The maximum atomic E-state index is 12.3. The molecule has 2 amide bonds. The molecule has 4 heteroatoms. The van der Waals surface area contributed by atoms with E-state index in [4.69, 9.17) is 0 Å². The molecule has 2 aromatic rings. The second-order valence-corrected chi connectivity index (χ2v) is 5.13. The minimum absolute atomic E-state index is 0.206. The average molecular weight is 304 g/mol. The molecule has 0 unspecified atom stereocenters. The van der Waals surface area contributed by atoms with Gasteiger partial charge in [0.15, 0.2) is 0 Å². The number of carbonyl (C=O) groups excluding carboxylic acids is 2. The van der Waals surface area contributed by atoms with Crippen LogP contribution in [0.25, 0.3) is 10.8 Å². The summed E-state index contributed by atoms with van der Waals surface area (Å²) in [6.45, 7) is 2.19. The average Bonchev–Trinajstić information content (AvgIpc) is 2.36. The molecule has 2 aromatic carbocycles. The van der Waals surface area contributed by atoms with E-state index in [2.05, 4.69) is 15.9 Å². The molecule has 0 N–H and O–H groups in total. The Morgan fingerprint density at radius 3 is 2.56 bits per heavy atom. The number of hydrogen-bond acceptors (Lipinski definition) is 2. The molecule has 0 aliphatic carbocycles. The van der Waals surface area contributed by atoms with Gasteiger partial charge < -0.3 is 0 Å². The van der Waals surface area contributed by atoms with Crippen molar-refractivity contribution < 1.29 is 9.59 Å². The zero-order valence-corrected chi connectivity index (χ0v) is 11.3. The van der Waals surface area contributed by atoms with Crippen molar-refractivity contribution in [2.75, 3.05) is 6.54 Å². The van der Waals surface area contributed by atoms with Gasteiger partial charge in [0.05, 0.1) is 0 Å². The molecular formula is C14H10BrNO2. The number of rotatable bonds is 1. The Balaban J connectivity index is 2.45. The molecule has 0 spiro atoms. The lowest BCUT2D eigenvalue weighted by Gasteiger charge is -2.26. The summed E-state index contributed by atoms with van der Waals surface area (Å²) in [4.78, 5) is 25.8. The van der Waals surface area contributed by atoms with E-state index in [1.807, 2.05) is 18.2 Å². The number of nitrogens with zero attached hydrogens (tertiary/aromatic N) is 1. The summed E-state index contributed by atoms with van der Waals surface area (Å²) in [6, 6.07) is 9.23. The molecular weight excluding hydrogens is 294 g/mol. The van der Waals surface area contributed by atoms with Crippen LogP contribution in [-0.4, -0.2) is 23.3 Å². The molecule has 0 saturated carbocycles. The maximum absolute atomic E-state index is 12.3. The number of halogens is 1. The highest BCUT2D eigenvalue weighted by atomic mass is 79.9. The highest BCUT2D eigenvalue weighted by Crippen LogP contribution is 2.32. The van der Waals surface area contributed by atoms with Crippen LogP contribution in [0.4, 0.5) is 0 Å². The summed E-state index contributed by atoms with van der Waals surface area (Å²) >= 11 is 3.40. The normalized spacial score (nSPS) is 14.4. The van der Waals surface area contributed by atoms with E-state index in [9.17, 15) is 9.59 Å². The summed E-state index contributed by atoms with van der Waals surface area (Å²) in [7, 11) is 0. The molecule has 3 nitrogen and oxygen atoms in total. The Bertz CT molecular complexity index is 693. The molecule has 0 atom stereocenters. The van der Waals surface area contributed by atoms with Gasteiger partial charge in [-0.05, 0) is 30.5 Å². The molecule has 3 rings (SSSR count). The molecule has 1 aliphatic heterocycles. The lowest BCUT2D eigenvalue weighted by molar-refractivity contribution is 0.0619. The van der Waals surface area contributed by atoms with E-state index >= 15 is 0 Å². The van der Waals surface area contributed by atoms with Crippen LogP contribution in [-0.2, 0) is 0 Å². The fourth-order valence-corrected chi connectivity index (χ4v) is 2.88. The fourth-order valence-electron chi connectivity index (χ4n) is 2.41. The first-order valence-electron chi connectivity index (χ1n) is 5.72. The number of benzene rings is 2. The van der Waals surface area contributed by atoms with Crippen LogP contribution in [0.1, 0.15) is 27.6 Å². The summed E-state index contributed by atoms with van der Waals surface area (Å²) in [5, 5.41) is 1.68. The van der Waals surface area contributed by atoms with E-state index in [1.165, 1.54) is 4.90 Å². The molecule has 0 aromatic heterocycles. The van der Waals surface area contributed by atoms with Crippen LogP contribution in [0, 0.1) is 0 Å². The van der Waals surface area contributed by atoms with Crippen molar-refractivity contribution in [3.8, 4) is 0 Å². The summed E-state index contributed by atoms with van der Waals surface area (Å²) in [5.74, 6) is -0.421. The molecule has 0 radical (unpaired) electrons. The van der Waals surface area contributed by atoms with Gasteiger partial charge in [-0.15, -0.1) is 0 Å². The van der Waals surface area contributed by atoms with Crippen LogP contribution < -0.4 is 0 Å². The first-order valence-corrected chi connectivity index (χ1v) is 6.51. The van der Waals surface area contributed by atoms with Gasteiger partial charge in [-0.3, -0.25) is 14.5 Å². The lowest BCUT2D eigenvalue weighted by atomic mass is 9.94. The van der Waals surface area contributed by atoms with Crippen molar-refractivity contribution >= 4 is 38.5 Å². The second kappa shape index (κ2) is 3.92. The maximum Gasteiger partial charge on any atom is 0.261 e. The third-order valence-electron chi connectivity index (χ3n) is 3.21. The van der Waals surface area contributed by atoms with Crippen LogP contribution in [0.2, 0.25) is 0 Å². The first-order chi connectivity index (χ1) is 8.63. The van der Waals surface area contributed by atoms with Crippen molar-refractivity contribution in [3.05, 3.63) is 45.9 Å². The van der Waals surface area contributed by atoms with Crippen LogP contribution >= 0.6 is 15.9 Å². The van der Waals surface area contributed by atoms with E-state index in [0.29, 0.717) is 17.7 Å². The van der Waals surface area contributed by atoms with Gasteiger partial charge in [0.1, 0.15) is 0 Å². The molecule has 18 heavy (non-hydrogen) atoms. The van der Waals surface area contributed by atoms with E-state index < -0.39 is 0 Å². The van der Waals surface area contributed by atoms with Crippen LogP contribution in [0.3, 0.4) is 0 Å². The molecule has 0 fully saturated rings. The number of carbonyl (C=O) groups is 2. The Morgan fingerprint density at radius 1 is 1.11 bits per heavy atom. The Labute approximate surface area is 113 Å². The van der Waals surface area contributed by atoms with Gasteiger partial charge in [0.2, 0.25) is 0 Å². The van der Waals surface area contributed by atoms with Gasteiger partial charge >= 0.3 is 0 Å². The van der Waals surface area contributed by atoms with Crippen molar-refractivity contribution in [1.82, 2.24) is 4.90 Å². The van der Waals surface area contributed by atoms with Gasteiger partial charge in [-0.2, -0.15) is 0 Å². The molecule has 1 heterocycles. The number of amides is 2. The Kier molecular flexibility index (Phi) is 2.48. The molecule has 0 saturated heterocycles. The van der Waals surface area contributed by atoms with Crippen molar-refractivity contribution in [1.29, 1.82) is 0 Å². The third kappa shape index (κ3) is 1.42. The highest BCUT2D eigenvalue weighted by molar-refractivity contribution is 9.10. The van der Waals surface area contributed by atoms with Gasteiger partial charge in [0, 0.05) is 27.5 Å². The first kappa shape index (κ1) is 11.4. The fraction of sp³-hybridized carbons (Fsp3) is 0.143. The zero-order valence-electron chi connectivity index (χ0n) is 9.74. The lowest BCUT2D eigenvalue weighted by Crippen LogP contribution is -2.40. The highest BCUT2D eigenvalue weighted by Gasteiger charge is 2.31. The third-order valence-corrected chi connectivity index (χ3v) is 3.67. The van der Waals surface area contributed by atoms with E-state index in [0.717, 1.165) is 15.2 Å². The summed E-state index contributed by atoms with van der Waals surface area (Å²) in [5.41, 5.74) is 1.20. The van der Waals surface area contributed by atoms with Gasteiger partial charge in [0.25, 0.3) is 11.8 Å². The molecule has 1 aliphatic rings. The predicted octanol–water partition coefficient (Wildman–Crippen LogP) is 3.22. The van der Waals surface area contributed by atoms with Crippen molar-refractivity contribution in [3.63, 3.8) is 0 Å². The zero-order chi connectivity index (χ0) is 12.9. The largest absolute Gasteiger partial charge is 0.275 e. The van der Waals surface area contributed by atoms with Crippen molar-refractivity contribution in [2.45, 2.75) is 6.92 Å². The second-order valence-electron chi connectivity index (χ2n) is 4.21. The smallest absolute Gasteiger partial charge is 0.261 e. The SMILES string of the molecule is CCN1C(=O)c2cccc3cc(Br)cc(c23)C1=O. The van der Waals surface area contributed by atoms with Crippen molar-refractivity contribution in [2.24, 2.45) is 0 Å². The van der Waals surface area contributed by atoms with E-state index in [1.54, 1.807) is 19.1 Å². The minimum Gasteiger partial charge on any atom is -0.275 e. The summed E-state index contributed by atoms with van der Waals surface area (Å²) in [6.07, 6.45) is 0. The standard InChI is InChI=1S/C14H10BrNO2/c1-2-16-13(17)10-5-3-4-8-6-9(15)7-11(12(8)10)14(16)18/h3-7H,2H2,1H3.